The molecule has 1 aromatic heterocycles. The van der Waals surface area contributed by atoms with Gasteiger partial charge in [-0.15, -0.1) is 0 Å². The minimum Gasteiger partial charge on any atom is -0.494 e. The molecule has 0 aliphatic heterocycles. The number of rotatable bonds is 9. The summed E-state index contributed by atoms with van der Waals surface area (Å²) in [5.41, 5.74) is 0. The van der Waals surface area contributed by atoms with Crippen LogP contribution < -0.4 is 0 Å². The Morgan fingerprint density at radius 3 is 2.35 bits per heavy atom. The number of nitrogens with zero attached hydrogens (tertiary/aromatic N) is 1. The van der Waals surface area contributed by atoms with Crippen LogP contribution in [-0.2, 0) is 32.0 Å². The third-order valence-electron chi connectivity index (χ3n) is 2.87. The predicted octanol–water partition coefficient (Wildman–Crippen LogP) is -0.147. The van der Waals surface area contributed by atoms with Crippen molar-refractivity contribution in [1.29, 1.82) is 0 Å². The molecule has 1 unspecified atom stereocenters. The van der Waals surface area contributed by atoms with Crippen LogP contribution in [0.2, 0.25) is 0 Å². The van der Waals surface area contributed by atoms with Crippen LogP contribution in [0.15, 0.2) is 11.0 Å². The molecule has 134 valence electrons. The van der Waals surface area contributed by atoms with Crippen molar-refractivity contribution >= 4 is 28.5 Å². The first-order chi connectivity index (χ1) is 10.4. The van der Waals surface area contributed by atoms with Crippen LogP contribution in [0.25, 0.3) is 0 Å². The van der Waals surface area contributed by atoms with E-state index < -0.39 is 51.8 Å². The molecular weight excluding hydrogens is 373 g/mol. The van der Waals surface area contributed by atoms with Crippen LogP contribution in [0, 0.1) is 0 Å². The van der Waals surface area contributed by atoms with Gasteiger partial charge in [-0.1, -0.05) is 0 Å². The van der Waals surface area contributed by atoms with Crippen molar-refractivity contribution in [1.82, 2.24) is 4.57 Å². The zero-order valence-corrected chi connectivity index (χ0v) is 14.4. The van der Waals surface area contributed by atoms with Crippen LogP contribution in [0.1, 0.15) is 12.8 Å². The topological polar surface area (TPSA) is 174 Å². The molecule has 0 aromatic carbocycles. The Bertz CT molecular complexity index is 721. The average molecular weight is 391 g/mol. The fourth-order valence-corrected chi connectivity index (χ4v) is 4.62. The third-order valence-corrected chi connectivity index (χ3v) is 6.11. The first-order valence-electron chi connectivity index (χ1n) is 6.40. The molecule has 1 atom stereocenters. The second kappa shape index (κ2) is 7.77. The van der Waals surface area contributed by atoms with Gasteiger partial charge in [0.15, 0.2) is 5.88 Å². The Morgan fingerprint density at radius 1 is 1.22 bits per heavy atom. The third kappa shape index (κ3) is 7.02. The summed E-state index contributed by atoms with van der Waals surface area (Å²) in [7, 11) is -10.3. The second-order valence-corrected chi connectivity index (χ2v) is 9.66. The average Bonchev–Trinajstić information content (AvgIpc) is 2.66. The van der Waals surface area contributed by atoms with E-state index in [-0.39, 0.29) is 30.4 Å². The Hall–Kier alpha value is -0.910. The van der Waals surface area contributed by atoms with E-state index in [9.17, 15) is 27.4 Å². The smallest absolute Gasteiger partial charge is 0.325 e. The van der Waals surface area contributed by atoms with Gasteiger partial charge in [0.1, 0.15) is 4.90 Å². The summed E-state index contributed by atoms with van der Waals surface area (Å²) in [6.07, 6.45) is 0.0729. The van der Waals surface area contributed by atoms with Gasteiger partial charge < -0.3 is 20.0 Å². The zero-order valence-electron chi connectivity index (χ0n) is 11.9. The molecule has 1 heterocycles. The van der Waals surface area contributed by atoms with Crippen molar-refractivity contribution in [3.05, 3.63) is 6.07 Å². The van der Waals surface area contributed by atoms with Crippen molar-refractivity contribution < 1.29 is 41.7 Å². The highest BCUT2D eigenvalue weighted by atomic mass is 32.2. The molecule has 5 N–H and O–H groups in total. The highest BCUT2D eigenvalue weighted by Crippen LogP contribution is 2.36. The molecule has 0 amide bonds. The molecule has 23 heavy (non-hydrogen) atoms. The van der Waals surface area contributed by atoms with Crippen molar-refractivity contribution in [3.8, 4) is 11.8 Å². The lowest BCUT2D eigenvalue weighted by Crippen LogP contribution is -2.12. The van der Waals surface area contributed by atoms with Crippen molar-refractivity contribution in [2.45, 2.75) is 24.3 Å². The standard InChI is InChI=1S/C10H18NO9PS2/c12-9-7-8(22(17)5-6-23(18,19)20)10(13)11(9)3-1-2-4-21(14,15)16/h7,12-13H,1-6H2,(H2,14,15,16)(H,18,19,20). The molecule has 0 saturated heterocycles. The number of hydrogen-bond acceptors (Lipinski definition) is 6. The van der Waals surface area contributed by atoms with Crippen LogP contribution in [0.4, 0.5) is 0 Å². The van der Waals surface area contributed by atoms with E-state index in [1.165, 1.54) is 0 Å². The summed E-state index contributed by atoms with van der Waals surface area (Å²) in [6.45, 7) is 0.0349. The van der Waals surface area contributed by atoms with Crippen LogP contribution in [-0.4, -0.2) is 59.4 Å². The predicted molar refractivity (Wildman–Crippen MR) is 81.6 cm³/mol. The highest BCUT2D eigenvalue weighted by molar-refractivity contribution is 7.89. The first kappa shape index (κ1) is 20.1. The van der Waals surface area contributed by atoms with E-state index in [0.29, 0.717) is 0 Å². The Balaban J connectivity index is 2.72. The van der Waals surface area contributed by atoms with E-state index in [1.54, 1.807) is 0 Å². The minimum absolute atomic E-state index is 0.0349. The van der Waals surface area contributed by atoms with Crippen molar-refractivity contribution in [3.63, 3.8) is 0 Å². The van der Waals surface area contributed by atoms with E-state index >= 15 is 0 Å². The SMILES string of the molecule is O=S(CCS(=O)(=O)O)c1cc(O)n(CCCCP(=O)(O)O)c1O. The Kier molecular flexibility index (Phi) is 6.81. The van der Waals surface area contributed by atoms with Crippen molar-refractivity contribution in [2.75, 3.05) is 17.7 Å². The normalized spacial score (nSPS) is 14.0. The molecule has 0 spiro atoms. The number of unbranched alkanes of at least 4 members (excludes halogenated alkanes) is 1. The molecule has 0 saturated carbocycles. The lowest BCUT2D eigenvalue weighted by atomic mass is 10.3. The second-order valence-electron chi connectivity index (χ2n) is 4.77. The molecule has 0 bridgehead atoms. The Morgan fingerprint density at radius 2 is 1.83 bits per heavy atom. The summed E-state index contributed by atoms with van der Waals surface area (Å²) in [4.78, 5) is 17.3. The lowest BCUT2D eigenvalue weighted by molar-refractivity contribution is 0.356. The summed E-state index contributed by atoms with van der Waals surface area (Å²) < 4.78 is 53.4. The van der Waals surface area contributed by atoms with Gasteiger partial charge in [0, 0.05) is 24.5 Å². The number of hydrogen-bond donors (Lipinski definition) is 5. The van der Waals surface area contributed by atoms with Gasteiger partial charge in [0.25, 0.3) is 10.1 Å². The summed E-state index contributed by atoms with van der Waals surface area (Å²) in [5, 5.41) is 19.6. The first-order valence-corrected chi connectivity index (χ1v) is 11.1. The highest BCUT2D eigenvalue weighted by Gasteiger charge is 2.20. The molecule has 10 nitrogen and oxygen atoms in total. The van der Waals surface area contributed by atoms with E-state index in [0.717, 1.165) is 10.6 Å². The van der Waals surface area contributed by atoms with Crippen LogP contribution in [0.3, 0.4) is 0 Å². The molecule has 1 rings (SSSR count). The van der Waals surface area contributed by atoms with Gasteiger partial charge in [0.05, 0.1) is 16.6 Å². The van der Waals surface area contributed by atoms with E-state index in [2.05, 4.69) is 0 Å². The van der Waals surface area contributed by atoms with Crippen molar-refractivity contribution in [2.24, 2.45) is 0 Å². The molecule has 0 fully saturated rings. The number of aromatic nitrogens is 1. The summed E-state index contributed by atoms with van der Waals surface area (Å²) in [5.74, 6) is -2.14. The largest absolute Gasteiger partial charge is 0.494 e. The number of aromatic hydroxyl groups is 2. The molecule has 1 aromatic rings. The monoisotopic (exact) mass is 391 g/mol. The maximum absolute atomic E-state index is 11.9. The summed E-state index contributed by atoms with van der Waals surface area (Å²) in [6, 6.07) is 1.01. The van der Waals surface area contributed by atoms with Gasteiger partial charge in [-0.2, -0.15) is 8.42 Å². The maximum atomic E-state index is 11.9. The molecule has 0 radical (unpaired) electrons. The maximum Gasteiger partial charge on any atom is 0.325 e. The fraction of sp³-hybridized carbons (Fsp3) is 0.600. The van der Waals surface area contributed by atoms with Gasteiger partial charge in [0.2, 0.25) is 5.88 Å². The van der Waals surface area contributed by atoms with Gasteiger partial charge in [-0.25, -0.2) is 0 Å². The molecule has 0 aliphatic carbocycles. The van der Waals surface area contributed by atoms with E-state index in [4.69, 9.17) is 14.3 Å². The minimum atomic E-state index is -4.29. The van der Waals surface area contributed by atoms with Gasteiger partial charge >= 0.3 is 7.60 Å². The Labute approximate surface area is 135 Å². The zero-order chi connectivity index (χ0) is 17.8. The van der Waals surface area contributed by atoms with Crippen LogP contribution in [0.5, 0.6) is 11.8 Å². The molecule has 0 aliphatic rings. The van der Waals surface area contributed by atoms with Gasteiger partial charge in [-0.3, -0.25) is 17.9 Å². The fourth-order valence-electron chi connectivity index (χ4n) is 1.77. The summed E-state index contributed by atoms with van der Waals surface area (Å²) >= 11 is 0. The van der Waals surface area contributed by atoms with E-state index in [1.807, 2.05) is 0 Å². The molecular formula is C10H18NO9PS2. The quantitative estimate of drug-likeness (QED) is 0.218. The van der Waals surface area contributed by atoms with Crippen LogP contribution >= 0.6 is 7.60 Å². The lowest BCUT2D eigenvalue weighted by Gasteiger charge is -2.08. The molecule has 13 heteroatoms. The van der Waals surface area contributed by atoms with Gasteiger partial charge in [-0.05, 0) is 12.8 Å².